The van der Waals surface area contributed by atoms with E-state index in [4.69, 9.17) is 16.3 Å². The highest BCUT2D eigenvalue weighted by molar-refractivity contribution is 9.10. The van der Waals surface area contributed by atoms with Crippen LogP contribution < -0.4 is 10.1 Å². The van der Waals surface area contributed by atoms with Gasteiger partial charge in [0.15, 0.2) is 11.6 Å². The summed E-state index contributed by atoms with van der Waals surface area (Å²) < 4.78 is 20.4. The molecule has 1 aliphatic carbocycles. The summed E-state index contributed by atoms with van der Waals surface area (Å²) in [6.07, 6.45) is 4.01. The van der Waals surface area contributed by atoms with Crippen LogP contribution in [0.15, 0.2) is 34.9 Å². The summed E-state index contributed by atoms with van der Waals surface area (Å²) in [7, 11) is 0. The predicted octanol–water partition coefficient (Wildman–Crippen LogP) is 4.68. The summed E-state index contributed by atoms with van der Waals surface area (Å²) in [5.74, 6) is -0.123. The third-order valence-corrected chi connectivity index (χ3v) is 3.90. The fourth-order valence-corrected chi connectivity index (χ4v) is 2.44. The molecule has 0 amide bonds. The Hall–Kier alpha value is -1.17. The number of nitrogens with one attached hydrogen (secondary N) is 1. The number of rotatable bonds is 5. The van der Waals surface area contributed by atoms with Crippen molar-refractivity contribution in [3.8, 4) is 11.6 Å². The topological polar surface area (TPSA) is 34.1 Å². The van der Waals surface area contributed by atoms with Gasteiger partial charge in [0.1, 0.15) is 0 Å². The van der Waals surface area contributed by atoms with Crippen molar-refractivity contribution >= 4 is 27.5 Å². The average molecular weight is 372 g/mol. The summed E-state index contributed by atoms with van der Waals surface area (Å²) in [5.41, 5.74) is 0.871. The SMILES string of the molecule is Fc1c(Cl)cccc1Oc1ncc(Br)cc1CNC1CC1. The molecule has 0 spiro atoms. The molecule has 0 radical (unpaired) electrons. The Morgan fingerprint density at radius 2 is 2.24 bits per heavy atom. The molecular weight excluding hydrogens is 359 g/mol. The highest BCUT2D eigenvalue weighted by atomic mass is 79.9. The number of hydrogen-bond acceptors (Lipinski definition) is 3. The van der Waals surface area contributed by atoms with Gasteiger partial charge in [-0.1, -0.05) is 17.7 Å². The minimum absolute atomic E-state index is 0.0299. The molecule has 1 saturated carbocycles. The summed E-state index contributed by atoms with van der Waals surface area (Å²) in [4.78, 5) is 4.22. The summed E-state index contributed by atoms with van der Waals surface area (Å²) in [5, 5.41) is 3.42. The molecule has 1 aromatic carbocycles. The molecular formula is C15H13BrClFN2O. The highest BCUT2D eigenvalue weighted by Gasteiger charge is 2.21. The van der Waals surface area contributed by atoms with Gasteiger partial charge < -0.3 is 10.1 Å². The van der Waals surface area contributed by atoms with Gasteiger partial charge in [0.05, 0.1) is 5.02 Å². The molecule has 2 aromatic rings. The largest absolute Gasteiger partial charge is 0.436 e. The zero-order valence-corrected chi connectivity index (χ0v) is 13.4. The van der Waals surface area contributed by atoms with Crippen LogP contribution in [0.3, 0.4) is 0 Å². The van der Waals surface area contributed by atoms with Crippen molar-refractivity contribution in [3.63, 3.8) is 0 Å². The van der Waals surface area contributed by atoms with Crippen molar-refractivity contribution in [3.05, 3.63) is 51.3 Å². The standard InChI is InChI=1S/C15H13BrClFN2O/c16-10-6-9(7-19-11-4-5-11)15(20-8-10)21-13-3-1-2-12(17)14(13)18/h1-3,6,8,11,19H,4-5,7H2. The Morgan fingerprint density at radius 3 is 3.00 bits per heavy atom. The van der Waals surface area contributed by atoms with Gasteiger partial charge in [-0.25, -0.2) is 9.37 Å². The van der Waals surface area contributed by atoms with Crippen molar-refractivity contribution in [2.75, 3.05) is 0 Å². The molecule has 1 aliphatic rings. The van der Waals surface area contributed by atoms with Crippen LogP contribution in [0.2, 0.25) is 5.02 Å². The Kier molecular flexibility index (Phi) is 4.42. The van der Waals surface area contributed by atoms with Crippen LogP contribution in [0, 0.1) is 5.82 Å². The van der Waals surface area contributed by atoms with E-state index in [2.05, 4.69) is 26.2 Å². The molecule has 21 heavy (non-hydrogen) atoms. The van der Waals surface area contributed by atoms with Crippen LogP contribution >= 0.6 is 27.5 Å². The molecule has 110 valence electrons. The lowest BCUT2D eigenvalue weighted by atomic mass is 10.2. The Balaban J connectivity index is 1.84. The molecule has 1 N–H and O–H groups in total. The summed E-state index contributed by atoms with van der Waals surface area (Å²) >= 11 is 9.15. The zero-order chi connectivity index (χ0) is 14.8. The molecule has 1 aromatic heterocycles. The molecule has 1 fully saturated rings. The van der Waals surface area contributed by atoms with Crippen LogP contribution in [0.25, 0.3) is 0 Å². The molecule has 3 nitrogen and oxygen atoms in total. The van der Waals surface area contributed by atoms with E-state index < -0.39 is 5.82 Å². The first-order valence-corrected chi connectivity index (χ1v) is 7.80. The molecule has 1 heterocycles. The van der Waals surface area contributed by atoms with Gasteiger partial charge in [-0.2, -0.15) is 0 Å². The lowest BCUT2D eigenvalue weighted by Gasteiger charge is -2.12. The van der Waals surface area contributed by atoms with Crippen LogP contribution in [0.4, 0.5) is 4.39 Å². The van der Waals surface area contributed by atoms with E-state index in [9.17, 15) is 4.39 Å². The third-order valence-electron chi connectivity index (χ3n) is 3.17. The van der Waals surface area contributed by atoms with Gasteiger partial charge in [0, 0.05) is 28.8 Å². The molecule has 0 aliphatic heterocycles. The molecule has 6 heteroatoms. The molecule has 3 rings (SSSR count). The maximum absolute atomic E-state index is 13.9. The van der Waals surface area contributed by atoms with Gasteiger partial charge in [-0.15, -0.1) is 0 Å². The van der Waals surface area contributed by atoms with Crippen LogP contribution in [-0.4, -0.2) is 11.0 Å². The van der Waals surface area contributed by atoms with E-state index >= 15 is 0 Å². The fourth-order valence-electron chi connectivity index (χ4n) is 1.90. The second-order valence-electron chi connectivity index (χ2n) is 4.93. The first kappa shape index (κ1) is 14.8. The van der Waals surface area contributed by atoms with Gasteiger partial charge in [-0.05, 0) is 47.0 Å². The lowest BCUT2D eigenvalue weighted by Crippen LogP contribution is -2.16. The van der Waals surface area contributed by atoms with Crippen molar-refractivity contribution in [1.29, 1.82) is 0 Å². The van der Waals surface area contributed by atoms with E-state index in [0.29, 0.717) is 18.5 Å². The number of nitrogens with zero attached hydrogens (tertiary/aromatic N) is 1. The second-order valence-corrected chi connectivity index (χ2v) is 6.25. The average Bonchev–Trinajstić information content (AvgIpc) is 3.28. The van der Waals surface area contributed by atoms with Crippen molar-refractivity contribution in [1.82, 2.24) is 10.3 Å². The monoisotopic (exact) mass is 370 g/mol. The maximum atomic E-state index is 13.9. The number of ether oxygens (including phenoxy) is 1. The summed E-state index contributed by atoms with van der Waals surface area (Å²) in [6.45, 7) is 0.634. The minimum atomic E-state index is -0.579. The maximum Gasteiger partial charge on any atom is 0.223 e. The smallest absolute Gasteiger partial charge is 0.223 e. The first-order valence-electron chi connectivity index (χ1n) is 6.63. The zero-order valence-electron chi connectivity index (χ0n) is 11.1. The van der Waals surface area contributed by atoms with Crippen LogP contribution in [0.5, 0.6) is 11.6 Å². The number of pyridine rings is 1. The highest BCUT2D eigenvalue weighted by Crippen LogP contribution is 2.31. The van der Waals surface area contributed by atoms with Crippen LogP contribution in [0.1, 0.15) is 18.4 Å². The van der Waals surface area contributed by atoms with E-state index in [1.165, 1.54) is 25.0 Å². The first-order chi connectivity index (χ1) is 10.1. The van der Waals surface area contributed by atoms with Gasteiger partial charge >= 0.3 is 0 Å². The van der Waals surface area contributed by atoms with E-state index in [1.54, 1.807) is 12.3 Å². The predicted molar refractivity (Wildman–Crippen MR) is 83.3 cm³/mol. The Morgan fingerprint density at radius 1 is 1.43 bits per heavy atom. The van der Waals surface area contributed by atoms with Crippen LogP contribution in [-0.2, 0) is 6.54 Å². The van der Waals surface area contributed by atoms with Gasteiger partial charge in [0.2, 0.25) is 5.88 Å². The quantitative estimate of drug-likeness (QED) is 0.828. The van der Waals surface area contributed by atoms with Gasteiger partial charge in [-0.3, -0.25) is 0 Å². The summed E-state index contributed by atoms with van der Waals surface area (Å²) in [6, 6.07) is 7.14. The van der Waals surface area contributed by atoms with Gasteiger partial charge in [0.25, 0.3) is 0 Å². The molecule has 0 unspecified atom stereocenters. The van der Waals surface area contributed by atoms with Crippen molar-refractivity contribution < 1.29 is 9.13 Å². The van der Waals surface area contributed by atoms with E-state index in [-0.39, 0.29) is 10.8 Å². The van der Waals surface area contributed by atoms with E-state index in [1.807, 2.05) is 6.07 Å². The Bertz CT molecular complexity index is 664. The van der Waals surface area contributed by atoms with Crippen molar-refractivity contribution in [2.24, 2.45) is 0 Å². The normalized spacial score (nSPS) is 14.2. The van der Waals surface area contributed by atoms with Crippen molar-refractivity contribution in [2.45, 2.75) is 25.4 Å². The fraction of sp³-hybridized carbons (Fsp3) is 0.267. The van der Waals surface area contributed by atoms with E-state index in [0.717, 1.165) is 10.0 Å². The number of hydrogen-bond donors (Lipinski definition) is 1. The number of halogens is 3. The lowest BCUT2D eigenvalue weighted by molar-refractivity contribution is 0.420. The molecule has 0 atom stereocenters. The third kappa shape index (κ3) is 3.73. The molecule has 0 bridgehead atoms. The number of benzene rings is 1. The number of aromatic nitrogens is 1. The minimum Gasteiger partial charge on any atom is -0.436 e. The second kappa shape index (κ2) is 6.30. The Labute approximate surface area is 135 Å². The molecule has 0 saturated heterocycles.